The monoisotopic (exact) mass is 280 g/mol. The van der Waals surface area contributed by atoms with Gasteiger partial charge in [0, 0.05) is 17.8 Å². The van der Waals surface area contributed by atoms with Crippen molar-refractivity contribution in [2.75, 3.05) is 12.4 Å². The van der Waals surface area contributed by atoms with Crippen LogP contribution in [0.3, 0.4) is 0 Å². The molecule has 6 heteroatoms. The largest absolute Gasteiger partial charge is 0.497 e. The van der Waals surface area contributed by atoms with Crippen LogP contribution in [0.25, 0.3) is 0 Å². The van der Waals surface area contributed by atoms with Gasteiger partial charge in [-0.15, -0.1) is 0 Å². The third-order valence-electron chi connectivity index (χ3n) is 2.72. The fraction of sp³-hybridized carbons (Fsp3) is 0.429. The number of carboxylic acid groups (broad SMARTS) is 1. The molecule has 110 valence electrons. The Balaban J connectivity index is 2.57. The zero-order valence-electron chi connectivity index (χ0n) is 11.7. The highest BCUT2D eigenvalue weighted by Crippen LogP contribution is 2.16. The number of amides is 2. The lowest BCUT2D eigenvalue weighted by Crippen LogP contribution is -2.39. The lowest BCUT2D eigenvalue weighted by molar-refractivity contribution is -0.137. The average Bonchev–Trinajstić information content (AvgIpc) is 2.38. The third kappa shape index (κ3) is 5.60. The molecule has 6 nitrogen and oxygen atoms in total. The molecule has 0 radical (unpaired) electrons. The minimum atomic E-state index is -0.926. The predicted octanol–water partition coefficient (Wildman–Crippen LogP) is 2.46. The molecule has 0 aromatic heterocycles. The number of hydrogen-bond acceptors (Lipinski definition) is 3. The van der Waals surface area contributed by atoms with Crippen molar-refractivity contribution in [3.05, 3.63) is 24.3 Å². The van der Waals surface area contributed by atoms with E-state index in [2.05, 4.69) is 10.6 Å². The number of methoxy groups -OCH3 is 1. The van der Waals surface area contributed by atoms with Gasteiger partial charge in [0.15, 0.2) is 0 Å². The van der Waals surface area contributed by atoms with Crippen LogP contribution in [0.5, 0.6) is 5.75 Å². The van der Waals surface area contributed by atoms with Gasteiger partial charge in [-0.25, -0.2) is 4.79 Å². The molecule has 3 N–H and O–H groups in total. The van der Waals surface area contributed by atoms with Crippen molar-refractivity contribution in [2.45, 2.75) is 32.2 Å². The van der Waals surface area contributed by atoms with E-state index in [0.717, 1.165) is 6.42 Å². The molecule has 0 fully saturated rings. The van der Waals surface area contributed by atoms with E-state index in [9.17, 15) is 9.59 Å². The quantitative estimate of drug-likeness (QED) is 0.716. The Morgan fingerprint density at radius 3 is 2.75 bits per heavy atom. The first-order chi connectivity index (χ1) is 9.55. The molecule has 0 aliphatic rings. The smallest absolute Gasteiger partial charge is 0.319 e. The number of nitrogens with one attached hydrogen (secondary N) is 2. The first kappa shape index (κ1) is 15.8. The summed E-state index contributed by atoms with van der Waals surface area (Å²) in [4.78, 5) is 22.5. The summed E-state index contributed by atoms with van der Waals surface area (Å²) in [6, 6.07) is 6.16. The van der Waals surface area contributed by atoms with Gasteiger partial charge in [0.25, 0.3) is 0 Å². The molecule has 0 bridgehead atoms. The van der Waals surface area contributed by atoms with Crippen LogP contribution in [0.1, 0.15) is 26.2 Å². The number of anilines is 1. The van der Waals surface area contributed by atoms with Crippen molar-refractivity contribution in [1.29, 1.82) is 0 Å². The van der Waals surface area contributed by atoms with Crippen molar-refractivity contribution < 1.29 is 19.4 Å². The van der Waals surface area contributed by atoms with Gasteiger partial charge in [-0.1, -0.05) is 19.4 Å². The Labute approximate surface area is 118 Å². The third-order valence-corrected chi connectivity index (χ3v) is 2.72. The van der Waals surface area contributed by atoms with Crippen LogP contribution >= 0.6 is 0 Å². The topological polar surface area (TPSA) is 87.7 Å². The fourth-order valence-electron chi connectivity index (χ4n) is 1.84. The summed E-state index contributed by atoms with van der Waals surface area (Å²) < 4.78 is 5.06. The van der Waals surface area contributed by atoms with Crippen LogP contribution in [0.15, 0.2) is 24.3 Å². The van der Waals surface area contributed by atoms with E-state index in [1.807, 2.05) is 6.92 Å². The minimum Gasteiger partial charge on any atom is -0.497 e. The van der Waals surface area contributed by atoms with Gasteiger partial charge < -0.3 is 20.5 Å². The maximum atomic E-state index is 11.8. The Morgan fingerprint density at radius 2 is 2.15 bits per heavy atom. The van der Waals surface area contributed by atoms with E-state index >= 15 is 0 Å². The predicted molar refractivity (Wildman–Crippen MR) is 76.1 cm³/mol. The number of benzene rings is 1. The van der Waals surface area contributed by atoms with Crippen LogP contribution in [-0.4, -0.2) is 30.3 Å². The Bertz CT molecular complexity index is 462. The molecule has 2 amide bonds. The first-order valence-electron chi connectivity index (χ1n) is 6.48. The highest BCUT2D eigenvalue weighted by Gasteiger charge is 2.15. The first-order valence-corrected chi connectivity index (χ1v) is 6.48. The van der Waals surface area contributed by atoms with Crippen LogP contribution in [0.2, 0.25) is 0 Å². The number of carbonyl (C=O) groups excluding carboxylic acids is 1. The number of urea groups is 1. The number of carboxylic acids is 1. The second kappa shape index (κ2) is 8.04. The normalized spacial score (nSPS) is 11.5. The highest BCUT2D eigenvalue weighted by molar-refractivity contribution is 5.89. The zero-order valence-corrected chi connectivity index (χ0v) is 11.7. The summed E-state index contributed by atoms with van der Waals surface area (Å²) in [7, 11) is 1.54. The lowest BCUT2D eigenvalue weighted by Gasteiger charge is -2.16. The highest BCUT2D eigenvalue weighted by atomic mass is 16.5. The number of hydrogen-bond donors (Lipinski definition) is 3. The van der Waals surface area contributed by atoms with Crippen molar-refractivity contribution in [3.63, 3.8) is 0 Å². The van der Waals surface area contributed by atoms with E-state index in [1.54, 1.807) is 31.4 Å². The van der Waals surface area contributed by atoms with Crippen molar-refractivity contribution >= 4 is 17.7 Å². The SMILES string of the molecule is CCCC(CC(=O)O)NC(=O)Nc1cccc(OC)c1. The standard InChI is InChI=1S/C14H20N2O4/c1-3-5-10(9-13(17)18)15-14(19)16-11-6-4-7-12(8-11)20-2/h4,6-8,10H,3,5,9H2,1-2H3,(H,17,18)(H2,15,16,19). The summed E-state index contributed by atoms with van der Waals surface area (Å²) in [5, 5.41) is 14.1. The molecule has 0 aliphatic heterocycles. The minimum absolute atomic E-state index is 0.0840. The average molecular weight is 280 g/mol. The van der Waals surface area contributed by atoms with Crippen molar-refractivity contribution in [3.8, 4) is 5.75 Å². The summed E-state index contributed by atoms with van der Waals surface area (Å²) in [5.41, 5.74) is 0.590. The molecule has 1 unspecified atom stereocenters. The zero-order chi connectivity index (χ0) is 15.0. The van der Waals surface area contributed by atoms with Crippen LogP contribution in [0, 0.1) is 0 Å². The number of rotatable bonds is 7. The second-order valence-corrected chi connectivity index (χ2v) is 4.41. The maximum Gasteiger partial charge on any atom is 0.319 e. The maximum absolute atomic E-state index is 11.8. The molecule has 0 spiro atoms. The van der Waals surface area contributed by atoms with Crippen LogP contribution < -0.4 is 15.4 Å². The van der Waals surface area contributed by atoms with Gasteiger partial charge in [0.05, 0.1) is 13.5 Å². The number of ether oxygens (including phenoxy) is 1. The Hall–Kier alpha value is -2.24. The molecular formula is C14H20N2O4. The Morgan fingerprint density at radius 1 is 1.40 bits per heavy atom. The second-order valence-electron chi connectivity index (χ2n) is 4.41. The van der Waals surface area contributed by atoms with Crippen molar-refractivity contribution in [2.24, 2.45) is 0 Å². The molecule has 20 heavy (non-hydrogen) atoms. The molecule has 1 atom stereocenters. The van der Waals surface area contributed by atoms with E-state index < -0.39 is 12.0 Å². The van der Waals surface area contributed by atoms with Crippen molar-refractivity contribution in [1.82, 2.24) is 5.32 Å². The van der Waals surface area contributed by atoms with Gasteiger partial charge in [0.1, 0.15) is 5.75 Å². The molecule has 0 saturated heterocycles. The molecule has 1 aromatic rings. The molecular weight excluding hydrogens is 260 g/mol. The van der Waals surface area contributed by atoms with E-state index in [1.165, 1.54) is 0 Å². The Kier molecular flexibility index (Phi) is 6.36. The van der Waals surface area contributed by atoms with Gasteiger partial charge in [-0.05, 0) is 18.6 Å². The van der Waals surface area contributed by atoms with Gasteiger partial charge >= 0.3 is 12.0 Å². The summed E-state index contributed by atoms with van der Waals surface area (Å²) in [6.07, 6.45) is 1.34. The molecule has 0 aliphatic carbocycles. The number of carbonyl (C=O) groups is 2. The van der Waals surface area contributed by atoms with Gasteiger partial charge in [-0.2, -0.15) is 0 Å². The molecule has 0 saturated carbocycles. The summed E-state index contributed by atoms with van der Waals surface area (Å²) >= 11 is 0. The van der Waals surface area contributed by atoms with E-state index in [-0.39, 0.29) is 12.5 Å². The molecule has 0 heterocycles. The van der Waals surface area contributed by atoms with E-state index in [0.29, 0.717) is 17.9 Å². The summed E-state index contributed by atoms with van der Waals surface area (Å²) in [6.45, 7) is 1.94. The number of aliphatic carboxylic acids is 1. The summed E-state index contributed by atoms with van der Waals surface area (Å²) in [5.74, 6) is -0.288. The lowest BCUT2D eigenvalue weighted by atomic mass is 10.1. The van der Waals surface area contributed by atoms with Crippen LogP contribution in [0.4, 0.5) is 10.5 Å². The van der Waals surface area contributed by atoms with Gasteiger partial charge in [0.2, 0.25) is 0 Å². The van der Waals surface area contributed by atoms with Gasteiger partial charge in [-0.3, -0.25) is 4.79 Å². The molecule has 1 rings (SSSR count). The van der Waals surface area contributed by atoms with Crippen LogP contribution in [-0.2, 0) is 4.79 Å². The fourth-order valence-corrected chi connectivity index (χ4v) is 1.84. The van der Waals surface area contributed by atoms with E-state index in [4.69, 9.17) is 9.84 Å². The molecule has 1 aromatic carbocycles.